The predicted molar refractivity (Wildman–Crippen MR) is 148 cm³/mol. The molecule has 3 N–H and O–H groups in total. The number of aliphatic hydroxyl groups is 2. The number of fused-ring (bicyclic) bond motifs is 5. The van der Waals surface area contributed by atoms with E-state index in [9.17, 15) is 38.1 Å². The van der Waals surface area contributed by atoms with Gasteiger partial charge in [0.2, 0.25) is 0 Å². The van der Waals surface area contributed by atoms with Crippen molar-refractivity contribution in [2.45, 2.75) is 124 Å². The number of esters is 1. The lowest BCUT2D eigenvalue weighted by Crippen LogP contribution is -2.65. The Labute approximate surface area is 241 Å². The average Bonchev–Trinajstić information content (AvgIpc) is 3.09. The molecule has 0 bridgehead atoms. The number of aliphatic hydroxyl groups excluding tert-OH is 2. The van der Waals surface area contributed by atoms with Gasteiger partial charge in [0.1, 0.15) is 6.10 Å². The first-order valence-electron chi connectivity index (χ1n) is 15.0. The van der Waals surface area contributed by atoms with Crippen LogP contribution in [-0.2, 0) is 14.3 Å². The number of allylic oxidation sites excluding steroid dienone is 2. The standard InChI is InChI=1S/C32H47F3O6/c1-16(2)20(32(33,34)35)9-8-19(28(39)40)26-22-14-24(38)27-29(5)12-11-23(37)17(3)21(29)10-13-30(27,6)31(22,7)15-25(26)41-18(4)36/h17,21-25,27,37-38H,8-15H2,1-7H3,(H,39,40)/t17-,21?,22+,23+,24+,25-,27+,29-,30-,31-/m0/s1. The van der Waals surface area contributed by atoms with Gasteiger partial charge in [0.15, 0.2) is 0 Å². The number of carbonyl (C=O) groups is 2. The lowest BCUT2D eigenvalue weighted by atomic mass is 9.36. The van der Waals surface area contributed by atoms with E-state index in [-0.39, 0.29) is 53.3 Å². The molecule has 4 aliphatic carbocycles. The molecule has 0 aliphatic heterocycles. The van der Waals surface area contributed by atoms with Gasteiger partial charge in [-0.25, -0.2) is 4.79 Å². The molecule has 0 amide bonds. The Balaban J connectivity index is 1.82. The second-order valence-electron chi connectivity index (χ2n) is 14.3. The molecule has 4 fully saturated rings. The molecule has 41 heavy (non-hydrogen) atoms. The van der Waals surface area contributed by atoms with Gasteiger partial charge in [-0.2, -0.15) is 13.2 Å². The monoisotopic (exact) mass is 584 g/mol. The molecule has 9 heteroatoms. The Morgan fingerprint density at radius 1 is 0.976 bits per heavy atom. The number of ether oxygens (including phenoxy) is 1. The first-order valence-corrected chi connectivity index (χ1v) is 15.0. The maximum Gasteiger partial charge on any atom is 0.412 e. The van der Waals surface area contributed by atoms with Gasteiger partial charge >= 0.3 is 18.1 Å². The molecule has 10 atom stereocenters. The van der Waals surface area contributed by atoms with Crippen molar-refractivity contribution in [1.82, 2.24) is 0 Å². The number of hydrogen-bond donors (Lipinski definition) is 3. The summed E-state index contributed by atoms with van der Waals surface area (Å²) in [7, 11) is 0. The Morgan fingerprint density at radius 2 is 1.61 bits per heavy atom. The molecule has 0 aromatic heterocycles. The second-order valence-corrected chi connectivity index (χ2v) is 14.3. The highest BCUT2D eigenvalue weighted by Gasteiger charge is 2.70. The molecule has 0 aromatic rings. The maximum absolute atomic E-state index is 13.7. The third kappa shape index (κ3) is 5.07. The third-order valence-electron chi connectivity index (χ3n) is 12.2. The number of carbonyl (C=O) groups excluding carboxylic acids is 1. The molecule has 4 aliphatic rings. The van der Waals surface area contributed by atoms with Crippen LogP contribution in [0.15, 0.2) is 22.3 Å². The van der Waals surface area contributed by atoms with E-state index in [0.29, 0.717) is 18.4 Å². The summed E-state index contributed by atoms with van der Waals surface area (Å²) in [6, 6.07) is 0. The molecule has 6 nitrogen and oxygen atoms in total. The number of halogens is 3. The Kier molecular flexibility index (Phi) is 8.36. The highest BCUT2D eigenvalue weighted by Crippen LogP contribution is 2.74. The van der Waals surface area contributed by atoms with Crippen LogP contribution >= 0.6 is 0 Å². The zero-order valence-electron chi connectivity index (χ0n) is 25.4. The molecule has 0 radical (unpaired) electrons. The van der Waals surface area contributed by atoms with Crippen molar-refractivity contribution in [3.05, 3.63) is 22.3 Å². The van der Waals surface area contributed by atoms with Crippen molar-refractivity contribution in [2.24, 2.45) is 39.9 Å². The van der Waals surface area contributed by atoms with E-state index in [2.05, 4.69) is 27.7 Å². The van der Waals surface area contributed by atoms with Crippen LogP contribution in [0.25, 0.3) is 0 Å². The van der Waals surface area contributed by atoms with Crippen LogP contribution in [0.5, 0.6) is 0 Å². The van der Waals surface area contributed by atoms with Gasteiger partial charge in [-0.15, -0.1) is 0 Å². The van der Waals surface area contributed by atoms with Gasteiger partial charge in [0.25, 0.3) is 0 Å². The van der Waals surface area contributed by atoms with E-state index >= 15 is 0 Å². The van der Waals surface area contributed by atoms with Gasteiger partial charge in [-0.3, -0.25) is 4.79 Å². The predicted octanol–water partition coefficient (Wildman–Crippen LogP) is 6.60. The summed E-state index contributed by atoms with van der Waals surface area (Å²) in [5, 5.41) is 32.9. The SMILES string of the molecule is CC(=O)O[C@H]1C[C@@]2(C)[C@H](C[C@@H](O)[C@@H]3[C@@]4(C)CC[C@@H](O)[C@@H](C)C4CC[C@@]32C)C1=C(CCC(=C(C)C)C(F)(F)F)C(=O)O. The number of hydrogen-bond acceptors (Lipinski definition) is 5. The van der Waals surface area contributed by atoms with Gasteiger partial charge in [0.05, 0.1) is 12.2 Å². The van der Waals surface area contributed by atoms with Crippen molar-refractivity contribution in [1.29, 1.82) is 0 Å². The van der Waals surface area contributed by atoms with Crippen LogP contribution in [0.4, 0.5) is 13.2 Å². The fraction of sp³-hybridized carbons (Fsp3) is 0.812. The molecule has 0 spiro atoms. The topological polar surface area (TPSA) is 104 Å². The summed E-state index contributed by atoms with van der Waals surface area (Å²) in [4.78, 5) is 24.9. The van der Waals surface area contributed by atoms with E-state index < -0.39 is 59.1 Å². The molecule has 0 saturated heterocycles. The summed E-state index contributed by atoms with van der Waals surface area (Å²) in [5.41, 5.74) is -1.67. The van der Waals surface area contributed by atoms with Crippen LogP contribution in [0, 0.1) is 39.9 Å². The lowest BCUT2D eigenvalue weighted by Gasteiger charge is -2.69. The molecule has 0 heterocycles. The molecule has 1 unspecified atom stereocenters. The maximum atomic E-state index is 13.7. The van der Waals surface area contributed by atoms with E-state index in [0.717, 1.165) is 19.3 Å². The first-order chi connectivity index (χ1) is 18.8. The molecule has 0 aromatic carbocycles. The smallest absolute Gasteiger partial charge is 0.412 e. The van der Waals surface area contributed by atoms with Crippen molar-refractivity contribution in [3.8, 4) is 0 Å². The van der Waals surface area contributed by atoms with Crippen molar-refractivity contribution >= 4 is 11.9 Å². The van der Waals surface area contributed by atoms with Crippen LogP contribution in [0.1, 0.15) is 99.8 Å². The summed E-state index contributed by atoms with van der Waals surface area (Å²) in [5.74, 6) is -2.13. The quantitative estimate of drug-likeness (QED) is 0.191. The molecule has 232 valence electrons. The number of carboxylic acids is 1. The minimum absolute atomic E-state index is 0.0836. The normalized spacial score (nSPS) is 43.4. The Morgan fingerprint density at radius 3 is 2.15 bits per heavy atom. The number of aliphatic carboxylic acids is 1. The minimum atomic E-state index is -4.58. The van der Waals surface area contributed by atoms with Crippen molar-refractivity contribution in [2.75, 3.05) is 0 Å². The Bertz CT molecular complexity index is 1140. The largest absolute Gasteiger partial charge is 0.478 e. The number of rotatable bonds is 5. The van der Waals surface area contributed by atoms with E-state index in [1.54, 1.807) is 0 Å². The minimum Gasteiger partial charge on any atom is -0.478 e. The average molecular weight is 585 g/mol. The van der Waals surface area contributed by atoms with Gasteiger partial charge in [-0.05, 0) is 111 Å². The summed E-state index contributed by atoms with van der Waals surface area (Å²) in [6.45, 7) is 12.6. The first kappa shape index (κ1) is 32.1. The summed E-state index contributed by atoms with van der Waals surface area (Å²) >= 11 is 0. The number of alkyl halides is 3. The van der Waals surface area contributed by atoms with E-state index in [4.69, 9.17) is 4.74 Å². The van der Waals surface area contributed by atoms with Crippen LogP contribution in [-0.4, -0.2) is 51.7 Å². The van der Waals surface area contributed by atoms with Crippen LogP contribution < -0.4 is 0 Å². The molecule has 4 saturated carbocycles. The zero-order chi connectivity index (χ0) is 30.9. The van der Waals surface area contributed by atoms with E-state index in [1.807, 2.05) is 0 Å². The van der Waals surface area contributed by atoms with Crippen LogP contribution in [0.3, 0.4) is 0 Å². The highest BCUT2D eigenvalue weighted by molar-refractivity contribution is 5.88. The second kappa shape index (κ2) is 10.7. The van der Waals surface area contributed by atoms with Gasteiger partial charge < -0.3 is 20.1 Å². The fourth-order valence-corrected chi connectivity index (χ4v) is 10.2. The molecular formula is C32H47F3O6. The summed E-state index contributed by atoms with van der Waals surface area (Å²) < 4.78 is 47.0. The van der Waals surface area contributed by atoms with E-state index in [1.165, 1.54) is 20.8 Å². The lowest BCUT2D eigenvalue weighted by molar-refractivity contribution is -0.234. The Hall–Kier alpha value is -1.87. The van der Waals surface area contributed by atoms with Crippen molar-refractivity contribution in [3.63, 3.8) is 0 Å². The highest BCUT2D eigenvalue weighted by atomic mass is 19.4. The number of carboxylic acid groups (broad SMARTS) is 1. The van der Waals surface area contributed by atoms with Crippen molar-refractivity contribution < 1.29 is 42.8 Å². The third-order valence-corrected chi connectivity index (χ3v) is 12.2. The van der Waals surface area contributed by atoms with Gasteiger partial charge in [0, 0.05) is 18.1 Å². The van der Waals surface area contributed by atoms with Crippen LogP contribution in [0.2, 0.25) is 0 Å². The fourth-order valence-electron chi connectivity index (χ4n) is 10.2. The summed E-state index contributed by atoms with van der Waals surface area (Å²) in [6.07, 6.45) is -3.77. The zero-order valence-corrected chi connectivity index (χ0v) is 25.4. The van der Waals surface area contributed by atoms with Gasteiger partial charge in [-0.1, -0.05) is 33.3 Å². The molecule has 4 rings (SSSR count). The molecular weight excluding hydrogens is 537 g/mol.